The number of aryl methyl sites for hydroxylation is 1. The zero-order chi connectivity index (χ0) is 17.9. The van der Waals surface area contributed by atoms with Crippen molar-refractivity contribution >= 4 is 12.4 Å². The molecular weight excluding hydrogens is 312 g/mol. The second kappa shape index (κ2) is 7.76. The lowest BCUT2D eigenvalue weighted by molar-refractivity contribution is -0.134. The van der Waals surface area contributed by atoms with Crippen molar-refractivity contribution in [2.24, 2.45) is 13.0 Å². The van der Waals surface area contributed by atoms with Crippen LogP contribution in [-0.4, -0.2) is 76.2 Å². The van der Waals surface area contributed by atoms with Crippen molar-refractivity contribution in [2.45, 2.75) is 26.4 Å². The molecule has 0 aromatic carbocycles. The first-order valence-electron chi connectivity index (χ1n) is 8.02. The fraction of sp³-hybridized carbons (Fsp3) is 0.688. The van der Waals surface area contributed by atoms with E-state index >= 15 is 0 Å². The van der Waals surface area contributed by atoms with Crippen LogP contribution in [0, 0.1) is 19.8 Å². The third-order valence-corrected chi connectivity index (χ3v) is 4.90. The monoisotopic (exact) mass is 338 g/mol. The molecule has 3 rings (SSSR count). The molecule has 2 atom stereocenters. The van der Waals surface area contributed by atoms with Gasteiger partial charge in [0.2, 0.25) is 5.91 Å². The Labute approximate surface area is 142 Å². The normalized spacial score (nSPS) is 24.2. The Bertz CT molecular complexity index is 601. The third kappa shape index (κ3) is 3.76. The number of carbonyl (C=O) groups is 2. The molecule has 0 saturated carbocycles. The molecule has 0 spiro atoms. The van der Waals surface area contributed by atoms with E-state index in [4.69, 9.17) is 14.6 Å². The fourth-order valence-corrected chi connectivity index (χ4v) is 3.24. The summed E-state index contributed by atoms with van der Waals surface area (Å²) in [6.07, 6.45) is 0. The van der Waals surface area contributed by atoms with E-state index in [-0.39, 0.29) is 24.3 Å². The number of likely N-dealkylation sites (N-methyl/N-ethyl adjacent to an activating group) is 1. The van der Waals surface area contributed by atoms with Crippen molar-refractivity contribution in [3.05, 3.63) is 17.2 Å². The van der Waals surface area contributed by atoms with E-state index in [9.17, 15) is 4.79 Å². The van der Waals surface area contributed by atoms with Gasteiger partial charge in [-0.3, -0.25) is 14.5 Å². The van der Waals surface area contributed by atoms with Crippen LogP contribution in [0.2, 0.25) is 0 Å². The maximum atomic E-state index is 12.3. The zero-order valence-electron chi connectivity index (χ0n) is 14.7. The molecule has 0 unspecified atom stereocenters. The van der Waals surface area contributed by atoms with E-state index in [1.54, 1.807) is 0 Å². The summed E-state index contributed by atoms with van der Waals surface area (Å²) in [6.45, 7) is 7.45. The highest BCUT2D eigenvalue weighted by Gasteiger charge is 2.37. The first kappa shape index (κ1) is 18.4. The van der Waals surface area contributed by atoms with E-state index < -0.39 is 0 Å². The first-order chi connectivity index (χ1) is 11.4. The fourth-order valence-electron chi connectivity index (χ4n) is 3.24. The molecule has 134 valence electrons. The van der Waals surface area contributed by atoms with Gasteiger partial charge in [-0.1, -0.05) is 0 Å². The largest absolute Gasteiger partial charge is 0.483 e. The molecule has 1 N–H and O–H groups in total. The Balaban J connectivity index is 0.000000647. The summed E-state index contributed by atoms with van der Waals surface area (Å²) in [5, 5.41) is 6.89. The number of ether oxygens (including phenoxy) is 1. The number of hydrogen-bond acceptors (Lipinski definition) is 5. The van der Waals surface area contributed by atoms with Crippen molar-refractivity contribution < 1.29 is 19.4 Å². The molecule has 2 fully saturated rings. The number of aromatic nitrogens is 2. The van der Waals surface area contributed by atoms with Crippen molar-refractivity contribution in [3.63, 3.8) is 0 Å². The van der Waals surface area contributed by atoms with Gasteiger partial charge < -0.3 is 19.3 Å². The van der Waals surface area contributed by atoms with E-state index in [1.165, 1.54) is 5.69 Å². The third-order valence-electron chi connectivity index (χ3n) is 4.90. The van der Waals surface area contributed by atoms with Crippen LogP contribution < -0.4 is 0 Å². The van der Waals surface area contributed by atoms with Gasteiger partial charge in [0, 0.05) is 32.9 Å². The van der Waals surface area contributed by atoms with Crippen LogP contribution in [0.5, 0.6) is 0 Å². The lowest BCUT2D eigenvalue weighted by atomic mass is 10.1. The van der Waals surface area contributed by atoms with E-state index in [1.807, 2.05) is 18.9 Å². The number of hydrogen-bond donors (Lipinski definition) is 1. The zero-order valence-corrected chi connectivity index (χ0v) is 14.7. The molecule has 1 amide bonds. The van der Waals surface area contributed by atoms with Gasteiger partial charge in [0.15, 0.2) is 0 Å². The molecular formula is C16H26N4O4. The maximum absolute atomic E-state index is 12.3. The van der Waals surface area contributed by atoms with Gasteiger partial charge in [-0.15, -0.1) is 0 Å². The molecule has 0 radical (unpaired) electrons. The average molecular weight is 338 g/mol. The van der Waals surface area contributed by atoms with Crippen molar-refractivity contribution in [2.75, 3.05) is 33.4 Å². The van der Waals surface area contributed by atoms with E-state index in [0.29, 0.717) is 13.2 Å². The molecule has 2 bridgehead atoms. The molecule has 1 aromatic rings. The Morgan fingerprint density at radius 2 is 1.96 bits per heavy atom. The van der Waals surface area contributed by atoms with Crippen LogP contribution in [0.15, 0.2) is 0 Å². The van der Waals surface area contributed by atoms with Crippen LogP contribution in [0.25, 0.3) is 0 Å². The minimum Gasteiger partial charge on any atom is -0.483 e. The number of carboxylic acid groups (broad SMARTS) is 1. The summed E-state index contributed by atoms with van der Waals surface area (Å²) in [5.41, 5.74) is 2.29. The minimum absolute atomic E-state index is 0.0510. The molecule has 8 heteroatoms. The molecule has 0 aliphatic carbocycles. The van der Waals surface area contributed by atoms with Crippen molar-refractivity contribution in [3.8, 4) is 0 Å². The highest BCUT2D eigenvalue weighted by Crippen LogP contribution is 2.21. The van der Waals surface area contributed by atoms with Gasteiger partial charge in [-0.25, -0.2) is 4.98 Å². The van der Waals surface area contributed by atoms with Crippen LogP contribution >= 0.6 is 0 Å². The second-order valence-electron chi connectivity index (χ2n) is 6.39. The second-order valence-corrected chi connectivity index (χ2v) is 6.39. The quantitative estimate of drug-likeness (QED) is 0.765. The number of fused-ring (bicyclic) bond motifs is 3. The number of imidazole rings is 1. The molecule has 24 heavy (non-hydrogen) atoms. The summed E-state index contributed by atoms with van der Waals surface area (Å²) < 4.78 is 7.79. The smallest absolute Gasteiger partial charge is 0.290 e. The summed E-state index contributed by atoms with van der Waals surface area (Å²) in [4.78, 5) is 29.6. The van der Waals surface area contributed by atoms with Crippen LogP contribution in [0.1, 0.15) is 17.2 Å². The van der Waals surface area contributed by atoms with Gasteiger partial charge >= 0.3 is 0 Å². The molecule has 2 aliphatic heterocycles. The van der Waals surface area contributed by atoms with E-state index in [0.717, 1.165) is 31.2 Å². The molecule has 8 nitrogen and oxygen atoms in total. The molecule has 1 aromatic heterocycles. The SMILES string of the molecule is Cc1nc(CN2C[C@@H]3COC[C@H](C2)N(C)C3=O)n(C)c1C.O=CO. The van der Waals surface area contributed by atoms with E-state index in [2.05, 4.69) is 28.4 Å². The minimum atomic E-state index is -0.250. The Hall–Kier alpha value is -1.93. The van der Waals surface area contributed by atoms with Gasteiger partial charge in [-0.05, 0) is 13.8 Å². The molecule has 2 aliphatic rings. The lowest BCUT2D eigenvalue weighted by Gasteiger charge is -2.29. The van der Waals surface area contributed by atoms with Crippen LogP contribution in [0.3, 0.4) is 0 Å². The number of rotatable bonds is 2. The number of carbonyl (C=O) groups excluding carboxylic acids is 1. The first-order valence-corrected chi connectivity index (χ1v) is 8.02. The standard InChI is InChI=1S/C15H24N4O2.CH2O2/c1-10-11(2)17(3)14(16-10)7-19-5-12-8-21-9-13(6-19)18(4)15(12)20;2-1-3/h12-13H,5-9H2,1-4H3;1H,(H,2,3)/t12-,13+;/m1./s1. The lowest BCUT2D eigenvalue weighted by Crippen LogP contribution is -2.43. The average Bonchev–Trinajstić information content (AvgIpc) is 2.63. The maximum Gasteiger partial charge on any atom is 0.290 e. The summed E-state index contributed by atoms with van der Waals surface area (Å²) >= 11 is 0. The van der Waals surface area contributed by atoms with Gasteiger partial charge in [0.25, 0.3) is 6.47 Å². The number of nitrogens with zero attached hydrogens (tertiary/aromatic N) is 4. The summed E-state index contributed by atoms with van der Waals surface area (Å²) in [7, 11) is 3.96. The highest BCUT2D eigenvalue weighted by molar-refractivity contribution is 5.79. The topological polar surface area (TPSA) is 87.9 Å². The Kier molecular flexibility index (Phi) is 5.95. The van der Waals surface area contributed by atoms with Crippen LogP contribution in [0.4, 0.5) is 0 Å². The molecule has 3 heterocycles. The predicted octanol–water partition coefficient (Wildman–Crippen LogP) is 0.0267. The molecule has 2 saturated heterocycles. The van der Waals surface area contributed by atoms with Crippen molar-refractivity contribution in [1.82, 2.24) is 19.4 Å². The Morgan fingerprint density at radius 1 is 1.29 bits per heavy atom. The number of amides is 1. The van der Waals surface area contributed by atoms with Crippen LogP contribution in [-0.2, 0) is 27.9 Å². The predicted molar refractivity (Wildman–Crippen MR) is 87.5 cm³/mol. The Morgan fingerprint density at radius 3 is 2.54 bits per heavy atom. The van der Waals surface area contributed by atoms with Gasteiger partial charge in [-0.2, -0.15) is 0 Å². The summed E-state index contributed by atoms with van der Waals surface area (Å²) in [5.74, 6) is 1.23. The highest BCUT2D eigenvalue weighted by atomic mass is 16.5. The van der Waals surface area contributed by atoms with Gasteiger partial charge in [0.1, 0.15) is 5.82 Å². The summed E-state index contributed by atoms with van der Waals surface area (Å²) in [6, 6.07) is 0.146. The van der Waals surface area contributed by atoms with Crippen molar-refractivity contribution in [1.29, 1.82) is 0 Å². The van der Waals surface area contributed by atoms with Gasteiger partial charge in [0.05, 0.1) is 37.4 Å².